The van der Waals surface area contributed by atoms with Gasteiger partial charge in [0, 0.05) is 4.90 Å². The lowest BCUT2D eigenvalue weighted by atomic mass is 10.1. The summed E-state index contributed by atoms with van der Waals surface area (Å²) in [7, 11) is 0. The maximum atomic E-state index is 10.9. The predicted molar refractivity (Wildman–Crippen MR) is 59.5 cm³/mol. The average molecular weight is 224 g/mol. The van der Waals surface area contributed by atoms with E-state index >= 15 is 0 Å². The van der Waals surface area contributed by atoms with Gasteiger partial charge in [0.1, 0.15) is 5.78 Å². The summed E-state index contributed by atoms with van der Waals surface area (Å²) in [5.41, 5.74) is 1.17. The highest BCUT2D eigenvalue weighted by Gasteiger charge is 2.10. The van der Waals surface area contributed by atoms with Crippen molar-refractivity contribution in [2.24, 2.45) is 0 Å². The third kappa shape index (κ3) is 3.40. The molecule has 0 aliphatic carbocycles. The Bertz CT molecular complexity index is 399. The Morgan fingerprint density at radius 3 is 2.60 bits per heavy atom. The Morgan fingerprint density at radius 1 is 1.40 bits per heavy atom. The number of benzene rings is 1. The van der Waals surface area contributed by atoms with Crippen molar-refractivity contribution in [1.29, 1.82) is 0 Å². The van der Waals surface area contributed by atoms with Gasteiger partial charge >= 0.3 is 5.97 Å². The van der Waals surface area contributed by atoms with Gasteiger partial charge in [-0.2, -0.15) is 0 Å². The number of carboxylic acid groups (broad SMARTS) is 1. The van der Waals surface area contributed by atoms with Crippen molar-refractivity contribution in [3.63, 3.8) is 0 Å². The molecule has 0 aliphatic heterocycles. The number of rotatable bonds is 4. The quantitative estimate of drug-likeness (QED) is 0.798. The molecule has 0 radical (unpaired) electrons. The molecule has 0 aliphatic rings. The second-order valence-electron chi connectivity index (χ2n) is 3.30. The van der Waals surface area contributed by atoms with E-state index in [9.17, 15) is 9.59 Å². The molecular formula is C11H12O3S. The Morgan fingerprint density at radius 2 is 2.07 bits per heavy atom. The molecule has 15 heavy (non-hydrogen) atoms. The third-order valence-corrected chi connectivity index (χ3v) is 3.01. The molecule has 0 fully saturated rings. The number of carbonyl (C=O) groups is 2. The molecule has 0 saturated heterocycles. The van der Waals surface area contributed by atoms with Crippen molar-refractivity contribution in [2.45, 2.75) is 18.7 Å². The van der Waals surface area contributed by atoms with Crippen LogP contribution in [0.15, 0.2) is 23.1 Å². The zero-order chi connectivity index (χ0) is 11.4. The van der Waals surface area contributed by atoms with Crippen molar-refractivity contribution >= 4 is 23.5 Å². The SMILES string of the molecule is CC(=O)CSc1ccc(C)cc1C(=O)O. The molecule has 80 valence electrons. The molecule has 1 rings (SSSR count). The maximum absolute atomic E-state index is 10.9. The first-order chi connectivity index (χ1) is 7.00. The fraction of sp³-hybridized carbons (Fsp3) is 0.273. The van der Waals surface area contributed by atoms with E-state index in [1.165, 1.54) is 18.7 Å². The minimum atomic E-state index is -0.954. The Balaban J connectivity index is 2.95. The molecule has 0 atom stereocenters. The number of aromatic carboxylic acids is 1. The molecule has 0 spiro atoms. The van der Waals surface area contributed by atoms with Crippen LogP contribution in [0.25, 0.3) is 0 Å². The van der Waals surface area contributed by atoms with E-state index in [0.29, 0.717) is 10.6 Å². The van der Waals surface area contributed by atoms with Crippen LogP contribution in [0.3, 0.4) is 0 Å². The first kappa shape index (κ1) is 11.8. The second-order valence-corrected chi connectivity index (χ2v) is 4.31. The number of thioether (sulfide) groups is 1. The van der Waals surface area contributed by atoms with E-state index in [0.717, 1.165) is 5.56 Å². The molecule has 0 saturated carbocycles. The number of aryl methyl sites for hydroxylation is 1. The van der Waals surface area contributed by atoms with Gasteiger partial charge in [0.05, 0.1) is 11.3 Å². The first-order valence-electron chi connectivity index (χ1n) is 4.47. The molecular weight excluding hydrogens is 212 g/mol. The van der Waals surface area contributed by atoms with Gasteiger partial charge < -0.3 is 5.11 Å². The lowest BCUT2D eigenvalue weighted by Gasteiger charge is -2.05. The highest BCUT2D eigenvalue weighted by molar-refractivity contribution is 8.00. The van der Waals surface area contributed by atoms with Crippen LogP contribution < -0.4 is 0 Å². The third-order valence-electron chi connectivity index (χ3n) is 1.80. The van der Waals surface area contributed by atoms with Crippen LogP contribution in [-0.4, -0.2) is 22.6 Å². The van der Waals surface area contributed by atoms with E-state index in [4.69, 9.17) is 5.11 Å². The zero-order valence-electron chi connectivity index (χ0n) is 8.61. The van der Waals surface area contributed by atoms with Crippen molar-refractivity contribution in [3.8, 4) is 0 Å². The summed E-state index contributed by atoms with van der Waals surface area (Å²) < 4.78 is 0. The summed E-state index contributed by atoms with van der Waals surface area (Å²) in [5.74, 6) is -0.606. The lowest BCUT2D eigenvalue weighted by Crippen LogP contribution is -2.01. The van der Waals surface area contributed by atoms with Crippen LogP contribution in [0, 0.1) is 6.92 Å². The standard InChI is InChI=1S/C11H12O3S/c1-7-3-4-10(15-6-8(2)12)9(5-7)11(13)14/h3-5H,6H2,1-2H3,(H,13,14). The summed E-state index contributed by atoms with van der Waals surface area (Å²) in [6.07, 6.45) is 0. The van der Waals surface area contributed by atoms with E-state index in [2.05, 4.69) is 0 Å². The first-order valence-corrected chi connectivity index (χ1v) is 5.45. The number of ketones is 1. The predicted octanol–water partition coefficient (Wildman–Crippen LogP) is 2.37. The fourth-order valence-electron chi connectivity index (χ4n) is 1.12. The summed E-state index contributed by atoms with van der Waals surface area (Å²) in [6.45, 7) is 3.33. The molecule has 1 aromatic rings. The van der Waals surface area contributed by atoms with Crippen LogP contribution in [0.1, 0.15) is 22.8 Å². The van der Waals surface area contributed by atoms with Crippen LogP contribution in [0.4, 0.5) is 0 Å². The molecule has 3 nitrogen and oxygen atoms in total. The highest BCUT2D eigenvalue weighted by atomic mass is 32.2. The van der Waals surface area contributed by atoms with Crippen LogP contribution in [0.5, 0.6) is 0 Å². The monoisotopic (exact) mass is 224 g/mol. The summed E-state index contributed by atoms with van der Waals surface area (Å²) in [4.78, 5) is 22.4. The Kier molecular flexibility index (Phi) is 3.91. The topological polar surface area (TPSA) is 54.4 Å². The van der Waals surface area contributed by atoms with E-state index in [-0.39, 0.29) is 11.3 Å². The van der Waals surface area contributed by atoms with E-state index in [1.807, 2.05) is 13.0 Å². The van der Waals surface area contributed by atoms with Crippen LogP contribution in [0.2, 0.25) is 0 Å². The van der Waals surface area contributed by atoms with Crippen LogP contribution in [-0.2, 0) is 4.79 Å². The maximum Gasteiger partial charge on any atom is 0.336 e. The number of carboxylic acids is 1. The van der Waals surface area contributed by atoms with Crippen molar-refractivity contribution in [1.82, 2.24) is 0 Å². The fourth-order valence-corrected chi connectivity index (χ4v) is 1.94. The number of hydrogen-bond donors (Lipinski definition) is 1. The van der Waals surface area contributed by atoms with Gasteiger partial charge in [0.15, 0.2) is 0 Å². The molecule has 1 N–H and O–H groups in total. The minimum Gasteiger partial charge on any atom is -0.478 e. The smallest absolute Gasteiger partial charge is 0.336 e. The summed E-state index contributed by atoms with van der Waals surface area (Å²) in [5, 5.41) is 8.96. The van der Waals surface area contributed by atoms with Gasteiger partial charge in [-0.1, -0.05) is 11.6 Å². The van der Waals surface area contributed by atoms with Gasteiger partial charge in [-0.25, -0.2) is 4.79 Å². The largest absolute Gasteiger partial charge is 0.478 e. The number of hydrogen-bond acceptors (Lipinski definition) is 3. The van der Waals surface area contributed by atoms with Crippen LogP contribution >= 0.6 is 11.8 Å². The molecule has 1 aromatic carbocycles. The zero-order valence-corrected chi connectivity index (χ0v) is 9.43. The Labute approximate surface area is 92.5 Å². The second kappa shape index (κ2) is 4.98. The molecule has 0 heterocycles. The molecule has 4 heteroatoms. The van der Waals surface area contributed by atoms with Crippen molar-refractivity contribution < 1.29 is 14.7 Å². The average Bonchev–Trinajstić information content (AvgIpc) is 2.15. The van der Waals surface area contributed by atoms with Gasteiger partial charge in [0.2, 0.25) is 0 Å². The molecule has 0 amide bonds. The van der Waals surface area contributed by atoms with Gasteiger partial charge in [-0.15, -0.1) is 11.8 Å². The summed E-state index contributed by atoms with van der Waals surface area (Å²) in [6, 6.07) is 5.20. The highest BCUT2D eigenvalue weighted by Crippen LogP contribution is 2.23. The normalized spacial score (nSPS) is 10.0. The Hall–Kier alpha value is -1.29. The van der Waals surface area contributed by atoms with E-state index in [1.54, 1.807) is 12.1 Å². The lowest BCUT2D eigenvalue weighted by molar-refractivity contribution is -0.114. The van der Waals surface area contributed by atoms with E-state index < -0.39 is 5.97 Å². The van der Waals surface area contributed by atoms with Gasteiger partial charge in [-0.3, -0.25) is 4.79 Å². The van der Waals surface area contributed by atoms with Crippen molar-refractivity contribution in [2.75, 3.05) is 5.75 Å². The molecule has 0 unspecified atom stereocenters. The van der Waals surface area contributed by atoms with Gasteiger partial charge in [0.25, 0.3) is 0 Å². The minimum absolute atomic E-state index is 0.0388. The summed E-state index contributed by atoms with van der Waals surface area (Å²) >= 11 is 1.26. The molecule has 0 aromatic heterocycles. The number of Topliss-reactive ketones (excluding diaryl/α,β-unsaturated/α-hetero) is 1. The number of carbonyl (C=O) groups excluding carboxylic acids is 1. The van der Waals surface area contributed by atoms with Crippen molar-refractivity contribution in [3.05, 3.63) is 29.3 Å². The van der Waals surface area contributed by atoms with Gasteiger partial charge in [-0.05, 0) is 26.0 Å². The molecule has 0 bridgehead atoms.